The van der Waals surface area contributed by atoms with Gasteiger partial charge in [-0.15, -0.1) is 0 Å². The molecule has 14 heteroatoms. The van der Waals surface area contributed by atoms with E-state index in [-0.39, 0.29) is 42.5 Å². The van der Waals surface area contributed by atoms with Crippen molar-refractivity contribution < 1.29 is 33.1 Å². The SMILES string of the molecule is CCOC(=O)[C@@H]1CCCN1C1CCN(C(=O)[C@@H](Cc2cc(C)c3[nH]c(=O)oc3c2)OC(=O)N2CCC(N3CCc4ccccc4NC3=O)CC2)CC1. The maximum absolute atomic E-state index is 14.2. The quantitative estimate of drug-likeness (QED) is 0.328. The first kappa shape index (κ1) is 35.5. The highest BCUT2D eigenvalue weighted by Gasteiger charge is 2.40. The highest BCUT2D eigenvalue weighted by Crippen LogP contribution is 2.29. The number of hydrogen-bond donors (Lipinski definition) is 2. The number of piperidine rings is 2. The van der Waals surface area contributed by atoms with Crippen molar-refractivity contribution in [1.29, 1.82) is 0 Å². The van der Waals surface area contributed by atoms with Crippen LogP contribution in [0.5, 0.6) is 0 Å². The van der Waals surface area contributed by atoms with Gasteiger partial charge < -0.3 is 33.9 Å². The Bertz CT molecular complexity index is 1860. The fourth-order valence-electron chi connectivity index (χ4n) is 8.44. The number of fused-ring (bicyclic) bond motifs is 2. The lowest BCUT2D eigenvalue weighted by molar-refractivity contribution is -0.150. The van der Waals surface area contributed by atoms with E-state index in [9.17, 15) is 24.0 Å². The van der Waals surface area contributed by atoms with Crippen LogP contribution in [0.1, 0.15) is 62.1 Å². The maximum atomic E-state index is 14.2. The molecule has 2 atom stereocenters. The van der Waals surface area contributed by atoms with E-state index in [1.54, 1.807) is 15.9 Å². The Hall–Kier alpha value is -4.85. The summed E-state index contributed by atoms with van der Waals surface area (Å²) in [6.45, 7) is 7.16. The van der Waals surface area contributed by atoms with Gasteiger partial charge in [0, 0.05) is 56.9 Å². The number of likely N-dealkylation sites (tertiary alicyclic amines) is 3. The first-order valence-electron chi connectivity index (χ1n) is 18.6. The molecule has 0 aliphatic carbocycles. The van der Waals surface area contributed by atoms with Crippen LogP contribution >= 0.6 is 0 Å². The Kier molecular flexibility index (Phi) is 10.5. The largest absolute Gasteiger partial charge is 0.465 e. The highest BCUT2D eigenvalue weighted by atomic mass is 16.6. The van der Waals surface area contributed by atoms with Gasteiger partial charge in [-0.2, -0.15) is 0 Å². The Morgan fingerprint density at radius 3 is 2.42 bits per heavy atom. The lowest BCUT2D eigenvalue weighted by Gasteiger charge is -2.40. The topological polar surface area (TPSA) is 158 Å². The number of aromatic nitrogens is 1. The molecule has 0 bridgehead atoms. The Labute approximate surface area is 302 Å². The minimum atomic E-state index is -1.10. The Balaban J connectivity index is 1.01. The molecule has 0 spiro atoms. The predicted molar refractivity (Wildman–Crippen MR) is 192 cm³/mol. The molecular weight excluding hydrogens is 668 g/mol. The van der Waals surface area contributed by atoms with E-state index in [1.807, 2.05) is 49.1 Å². The molecule has 1 aromatic heterocycles. The summed E-state index contributed by atoms with van der Waals surface area (Å²) in [6, 6.07) is 11.2. The molecule has 0 unspecified atom stereocenters. The third-order valence-electron chi connectivity index (χ3n) is 11.1. The lowest BCUT2D eigenvalue weighted by Crippen LogP contribution is -2.53. The number of esters is 1. The monoisotopic (exact) mass is 716 g/mol. The summed E-state index contributed by atoms with van der Waals surface area (Å²) in [5, 5.41) is 3.03. The van der Waals surface area contributed by atoms with Crippen LogP contribution in [-0.4, -0.2) is 119 Å². The van der Waals surface area contributed by atoms with E-state index >= 15 is 0 Å². The molecule has 3 fully saturated rings. The summed E-state index contributed by atoms with van der Waals surface area (Å²) < 4.78 is 16.7. The van der Waals surface area contributed by atoms with E-state index in [2.05, 4.69) is 15.2 Å². The summed E-state index contributed by atoms with van der Waals surface area (Å²) in [5.74, 6) is -1.02. The summed E-state index contributed by atoms with van der Waals surface area (Å²) in [6.07, 6.45) is 3.48. The first-order valence-corrected chi connectivity index (χ1v) is 18.6. The number of carbonyl (C=O) groups is 4. The first-order chi connectivity index (χ1) is 25.2. The number of aromatic amines is 1. The normalized spacial score (nSPS) is 21.1. The van der Waals surface area contributed by atoms with Gasteiger partial charge in [0.2, 0.25) is 0 Å². The fraction of sp³-hybridized carbons (Fsp3) is 0.553. The number of urea groups is 1. The number of oxazole rings is 1. The van der Waals surface area contributed by atoms with Gasteiger partial charge in [0.15, 0.2) is 11.7 Å². The molecule has 0 radical (unpaired) electrons. The van der Waals surface area contributed by atoms with Crippen LogP contribution in [0, 0.1) is 6.92 Å². The summed E-state index contributed by atoms with van der Waals surface area (Å²) in [7, 11) is 0. The third kappa shape index (κ3) is 7.52. The van der Waals surface area contributed by atoms with Crippen LogP contribution in [-0.2, 0) is 31.9 Å². The van der Waals surface area contributed by atoms with Gasteiger partial charge in [0.05, 0.1) is 12.1 Å². The van der Waals surface area contributed by atoms with Gasteiger partial charge in [-0.25, -0.2) is 14.4 Å². The molecule has 7 rings (SSSR count). The predicted octanol–water partition coefficient (Wildman–Crippen LogP) is 4.05. The molecule has 0 saturated carbocycles. The summed E-state index contributed by atoms with van der Waals surface area (Å²) >= 11 is 0. The number of aryl methyl sites for hydroxylation is 1. The van der Waals surface area contributed by atoms with Gasteiger partial charge in [-0.3, -0.25) is 19.5 Å². The van der Waals surface area contributed by atoms with Crippen molar-refractivity contribution in [3.05, 3.63) is 63.6 Å². The second-order valence-corrected chi connectivity index (χ2v) is 14.3. The van der Waals surface area contributed by atoms with Crippen molar-refractivity contribution in [2.24, 2.45) is 0 Å². The van der Waals surface area contributed by atoms with Gasteiger partial charge in [-0.1, -0.05) is 24.3 Å². The smallest absolute Gasteiger partial charge is 0.417 e. The average Bonchev–Trinajstić information content (AvgIpc) is 3.75. The van der Waals surface area contributed by atoms with Crippen molar-refractivity contribution in [1.82, 2.24) is 24.6 Å². The number of ether oxygens (including phenoxy) is 2. The zero-order valence-electron chi connectivity index (χ0n) is 29.9. The number of benzene rings is 2. The molecule has 4 amide bonds. The summed E-state index contributed by atoms with van der Waals surface area (Å²) in [4.78, 5) is 75.8. The van der Waals surface area contributed by atoms with Gasteiger partial charge in [0.25, 0.3) is 5.91 Å². The van der Waals surface area contributed by atoms with Crippen molar-refractivity contribution in [2.75, 3.05) is 51.2 Å². The number of nitrogens with one attached hydrogen (secondary N) is 2. The van der Waals surface area contributed by atoms with Crippen LogP contribution in [0.4, 0.5) is 15.3 Å². The molecule has 3 aromatic rings. The molecule has 4 aliphatic heterocycles. The van der Waals surface area contributed by atoms with Crippen LogP contribution in [0.25, 0.3) is 11.1 Å². The molecule has 2 N–H and O–H groups in total. The van der Waals surface area contributed by atoms with Gasteiger partial charge in [0.1, 0.15) is 6.04 Å². The molecule has 14 nitrogen and oxygen atoms in total. The van der Waals surface area contributed by atoms with Crippen molar-refractivity contribution in [3.63, 3.8) is 0 Å². The molecule has 278 valence electrons. The Morgan fingerprint density at radius 2 is 1.65 bits per heavy atom. The highest BCUT2D eigenvalue weighted by molar-refractivity contribution is 5.91. The molecule has 4 aliphatic rings. The minimum Gasteiger partial charge on any atom is -0.465 e. The lowest BCUT2D eigenvalue weighted by atomic mass is 9.99. The minimum absolute atomic E-state index is 0.0261. The number of hydrogen-bond acceptors (Lipinski definition) is 9. The number of nitrogens with zero attached hydrogens (tertiary/aromatic N) is 4. The molecule has 3 saturated heterocycles. The third-order valence-corrected chi connectivity index (χ3v) is 11.1. The van der Waals surface area contributed by atoms with Crippen LogP contribution in [0.15, 0.2) is 45.6 Å². The molecule has 2 aromatic carbocycles. The number of para-hydroxylation sites is 1. The molecule has 52 heavy (non-hydrogen) atoms. The number of carbonyl (C=O) groups excluding carboxylic acids is 4. The van der Waals surface area contributed by atoms with Crippen LogP contribution < -0.4 is 11.1 Å². The van der Waals surface area contributed by atoms with E-state index in [0.717, 1.165) is 42.6 Å². The van der Waals surface area contributed by atoms with E-state index in [1.165, 1.54) is 0 Å². The second kappa shape index (κ2) is 15.4. The average molecular weight is 717 g/mol. The standard InChI is InChI=1S/C38H48N6O8/c1-3-50-35(46)30-9-6-15-43(30)27-11-16-41(17-12-27)34(45)32(23-25-21-24(2)33-31(22-25)51-37(48)40-33)52-38(49)42-18-13-28(14-19-42)44-20-10-26-7-4-5-8-29(26)39-36(44)47/h4-5,7-8,21-22,27-28,30,32H,3,6,9-20,23H2,1-2H3,(H,39,47)(H,40,48)/t30-,32+/m0/s1. The van der Waals surface area contributed by atoms with Crippen LogP contribution in [0.3, 0.4) is 0 Å². The maximum Gasteiger partial charge on any atom is 0.417 e. The second-order valence-electron chi connectivity index (χ2n) is 14.3. The summed E-state index contributed by atoms with van der Waals surface area (Å²) in [5.41, 5.74) is 4.38. The van der Waals surface area contributed by atoms with E-state index in [0.29, 0.717) is 81.7 Å². The van der Waals surface area contributed by atoms with Crippen molar-refractivity contribution in [3.8, 4) is 0 Å². The Morgan fingerprint density at radius 1 is 0.923 bits per heavy atom. The van der Waals surface area contributed by atoms with Gasteiger partial charge in [-0.05, 0) is 94.2 Å². The van der Waals surface area contributed by atoms with E-state index in [4.69, 9.17) is 13.9 Å². The fourth-order valence-corrected chi connectivity index (χ4v) is 8.44. The zero-order valence-corrected chi connectivity index (χ0v) is 29.9. The molecule has 5 heterocycles. The number of anilines is 1. The van der Waals surface area contributed by atoms with Crippen molar-refractivity contribution in [2.45, 2.75) is 89.4 Å². The number of rotatable bonds is 8. The van der Waals surface area contributed by atoms with Crippen molar-refractivity contribution >= 4 is 40.8 Å². The zero-order chi connectivity index (χ0) is 36.4. The number of H-pyrrole nitrogens is 1. The van der Waals surface area contributed by atoms with Gasteiger partial charge >= 0.3 is 23.8 Å². The van der Waals surface area contributed by atoms with E-state index < -0.39 is 18.0 Å². The molecular formula is C38H48N6O8. The number of amides is 4. The van der Waals surface area contributed by atoms with Crippen LogP contribution in [0.2, 0.25) is 0 Å².